The highest BCUT2D eigenvalue weighted by Crippen LogP contribution is 2.31. The number of carbonyl (C=O) groups is 1. The summed E-state index contributed by atoms with van der Waals surface area (Å²) in [6.45, 7) is 1.56. The molecular formula is C14H10F3N5O2. The molecule has 2 heterocycles. The highest BCUT2D eigenvalue weighted by molar-refractivity contribution is 5.95. The lowest BCUT2D eigenvalue weighted by molar-refractivity contribution is -0.141. The molecule has 0 unspecified atom stereocenters. The summed E-state index contributed by atoms with van der Waals surface area (Å²) < 4.78 is 42.6. The maximum Gasteiger partial charge on any atom is 0.353 e. The van der Waals surface area contributed by atoms with Crippen LogP contribution in [0.1, 0.15) is 11.3 Å². The van der Waals surface area contributed by atoms with Gasteiger partial charge in [0.05, 0.1) is 5.56 Å². The number of anilines is 1. The molecule has 0 fully saturated rings. The van der Waals surface area contributed by atoms with E-state index < -0.39 is 34.7 Å². The molecular weight excluding hydrogens is 327 g/mol. The van der Waals surface area contributed by atoms with E-state index in [1.165, 1.54) is 18.2 Å². The largest absolute Gasteiger partial charge is 0.353 e. The number of rotatable bonds is 3. The Bertz CT molecular complexity index is 995. The van der Waals surface area contributed by atoms with Crippen LogP contribution in [0, 0.1) is 12.7 Å². The Morgan fingerprint density at radius 1 is 1.29 bits per heavy atom. The average molecular weight is 337 g/mol. The molecule has 0 radical (unpaired) electrons. The number of benzene rings is 1. The minimum atomic E-state index is -4.13. The molecule has 0 saturated heterocycles. The van der Waals surface area contributed by atoms with Crippen LogP contribution >= 0.6 is 0 Å². The summed E-state index contributed by atoms with van der Waals surface area (Å²) in [4.78, 5) is 31.2. The first-order valence-corrected chi connectivity index (χ1v) is 6.70. The number of carbonyl (C=O) groups excluding carboxylic acids is 1. The molecule has 0 atom stereocenters. The molecule has 124 valence electrons. The normalized spacial score (nSPS) is 11.7. The molecule has 0 bridgehead atoms. The molecule has 24 heavy (non-hydrogen) atoms. The second kappa shape index (κ2) is 5.48. The van der Waals surface area contributed by atoms with E-state index in [9.17, 15) is 22.8 Å². The van der Waals surface area contributed by atoms with Crippen molar-refractivity contribution in [2.75, 3.05) is 5.32 Å². The Balaban J connectivity index is 1.93. The van der Waals surface area contributed by atoms with Gasteiger partial charge >= 0.3 is 11.8 Å². The van der Waals surface area contributed by atoms with Crippen molar-refractivity contribution >= 4 is 17.6 Å². The lowest BCUT2D eigenvalue weighted by Crippen LogP contribution is -2.33. The van der Waals surface area contributed by atoms with Gasteiger partial charge in [0.1, 0.15) is 5.82 Å². The van der Waals surface area contributed by atoms with E-state index in [0.717, 1.165) is 16.6 Å². The molecule has 1 aromatic carbocycles. The molecule has 2 aromatic heterocycles. The minimum absolute atomic E-state index is 0.0930. The van der Waals surface area contributed by atoms with Crippen molar-refractivity contribution in [1.82, 2.24) is 19.6 Å². The van der Waals surface area contributed by atoms with Gasteiger partial charge in [0.15, 0.2) is 0 Å². The van der Waals surface area contributed by atoms with Gasteiger partial charge in [-0.2, -0.15) is 18.3 Å². The van der Waals surface area contributed by atoms with Crippen molar-refractivity contribution < 1.29 is 18.0 Å². The number of nitrogens with one attached hydrogen (secondary N) is 2. The first-order valence-electron chi connectivity index (χ1n) is 6.70. The maximum absolute atomic E-state index is 14.1. The molecule has 0 aliphatic carbocycles. The van der Waals surface area contributed by atoms with Crippen molar-refractivity contribution in [2.45, 2.75) is 12.8 Å². The number of fused-ring (bicyclic) bond motifs is 1. The van der Waals surface area contributed by atoms with Gasteiger partial charge in [0.2, 0.25) is 5.95 Å². The third kappa shape index (κ3) is 2.62. The van der Waals surface area contributed by atoms with E-state index in [2.05, 4.69) is 15.1 Å². The highest BCUT2D eigenvalue weighted by Gasteiger charge is 2.43. The minimum Gasteiger partial charge on any atom is -0.289 e. The predicted octanol–water partition coefficient (Wildman–Crippen LogP) is 1.60. The van der Waals surface area contributed by atoms with Gasteiger partial charge in [-0.3, -0.25) is 20.0 Å². The molecule has 0 spiro atoms. The Kier molecular flexibility index (Phi) is 3.59. The van der Waals surface area contributed by atoms with Crippen molar-refractivity contribution in [3.63, 3.8) is 0 Å². The van der Waals surface area contributed by atoms with Crippen LogP contribution in [-0.2, 0) is 10.7 Å². The Hall–Kier alpha value is -3.17. The van der Waals surface area contributed by atoms with Crippen LogP contribution < -0.4 is 10.9 Å². The smallest absolute Gasteiger partial charge is 0.289 e. The van der Waals surface area contributed by atoms with Gasteiger partial charge in [-0.15, -0.1) is 0 Å². The van der Waals surface area contributed by atoms with Crippen LogP contribution in [-0.4, -0.2) is 25.5 Å². The zero-order valence-electron chi connectivity index (χ0n) is 12.2. The summed E-state index contributed by atoms with van der Waals surface area (Å²) in [6, 6.07) is 5.25. The number of hydrogen-bond donors (Lipinski definition) is 2. The third-order valence-electron chi connectivity index (χ3n) is 3.19. The summed E-state index contributed by atoms with van der Waals surface area (Å²) in [7, 11) is 0. The summed E-state index contributed by atoms with van der Waals surface area (Å²) in [5, 5.41) is 4.15. The fraction of sp³-hybridized carbons (Fsp3) is 0.143. The topological polar surface area (TPSA) is 92.2 Å². The van der Waals surface area contributed by atoms with Crippen molar-refractivity contribution in [2.24, 2.45) is 0 Å². The number of H-pyrrole nitrogens is 1. The fourth-order valence-electron chi connectivity index (χ4n) is 2.07. The Morgan fingerprint density at radius 3 is 2.71 bits per heavy atom. The van der Waals surface area contributed by atoms with Crippen LogP contribution in [0.25, 0.3) is 5.78 Å². The van der Waals surface area contributed by atoms with Crippen LogP contribution in [0.4, 0.5) is 19.1 Å². The van der Waals surface area contributed by atoms with Crippen molar-refractivity contribution in [1.29, 1.82) is 0 Å². The van der Waals surface area contributed by atoms with E-state index in [0.29, 0.717) is 5.69 Å². The van der Waals surface area contributed by atoms with Gasteiger partial charge in [0.25, 0.3) is 11.3 Å². The van der Waals surface area contributed by atoms with Gasteiger partial charge in [-0.25, -0.2) is 9.37 Å². The lowest BCUT2D eigenvalue weighted by Gasteiger charge is -2.15. The molecule has 10 heteroatoms. The van der Waals surface area contributed by atoms with Gasteiger partial charge in [0, 0.05) is 11.8 Å². The molecule has 3 aromatic rings. The second-order valence-corrected chi connectivity index (χ2v) is 4.95. The lowest BCUT2D eigenvalue weighted by atomic mass is 10.1. The number of aromatic amines is 1. The number of aromatic nitrogens is 4. The first kappa shape index (κ1) is 15.7. The predicted molar refractivity (Wildman–Crippen MR) is 77.3 cm³/mol. The van der Waals surface area contributed by atoms with Crippen LogP contribution in [0.3, 0.4) is 0 Å². The first-order chi connectivity index (χ1) is 11.3. The number of amides is 1. The van der Waals surface area contributed by atoms with Crippen molar-refractivity contribution in [3.8, 4) is 0 Å². The van der Waals surface area contributed by atoms with Gasteiger partial charge in [-0.1, -0.05) is 12.1 Å². The molecule has 0 aliphatic rings. The highest BCUT2D eigenvalue weighted by atomic mass is 19.3. The van der Waals surface area contributed by atoms with Crippen molar-refractivity contribution in [3.05, 3.63) is 57.8 Å². The molecule has 1 amide bonds. The van der Waals surface area contributed by atoms with Crippen LogP contribution in [0.2, 0.25) is 0 Å². The number of hydrogen-bond acceptors (Lipinski definition) is 4. The van der Waals surface area contributed by atoms with E-state index in [-0.39, 0.29) is 5.78 Å². The van der Waals surface area contributed by atoms with E-state index in [1.807, 2.05) is 5.32 Å². The summed E-state index contributed by atoms with van der Waals surface area (Å²) in [5.41, 5.74) is -1.21. The average Bonchev–Trinajstić information content (AvgIpc) is 2.90. The molecule has 0 aliphatic heterocycles. The molecule has 0 saturated carbocycles. The van der Waals surface area contributed by atoms with E-state index in [4.69, 9.17) is 0 Å². The molecule has 7 nitrogen and oxygen atoms in total. The van der Waals surface area contributed by atoms with Gasteiger partial charge in [-0.05, 0) is 19.1 Å². The number of aryl methyl sites for hydroxylation is 1. The summed E-state index contributed by atoms with van der Waals surface area (Å²) in [5.74, 6) is -7.64. The second-order valence-electron chi connectivity index (χ2n) is 4.95. The van der Waals surface area contributed by atoms with E-state index >= 15 is 0 Å². The van der Waals surface area contributed by atoms with Crippen LogP contribution in [0.5, 0.6) is 0 Å². The Labute approximate surface area is 132 Å². The number of nitrogens with zero attached hydrogens (tertiary/aromatic N) is 3. The third-order valence-corrected chi connectivity index (χ3v) is 3.19. The maximum atomic E-state index is 14.1. The Morgan fingerprint density at radius 2 is 2.00 bits per heavy atom. The summed E-state index contributed by atoms with van der Waals surface area (Å²) >= 11 is 0. The quantitative estimate of drug-likeness (QED) is 0.759. The standard InChI is InChI=1S/C14H10F3N5O2/c1-7-6-10(23)22-13(18-7)20-12(21-22)19-11(24)14(16,17)8-4-2-3-5-9(8)15/h2-6H,1H3,(H2,18,19,20,21,24). The number of halogens is 3. The van der Waals surface area contributed by atoms with Gasteiger partial charge < -0.3 is 0 Å². The molecule has 2 N–H and O–H groups in total. The van der Waals surface area contributed by atoms with E-state index in [1.54, 1.807) is 6.92 Å². The number of alkyl halides is 2. The zero-order valence-corrected chi connectivity index (χ0v) is 12.2. The SMILES string of the molecule is Cc1cc(=O)n2[nH]c(NC(=O)C(F)(F)c3ccccc3F)nc2n1. The van der Waals surface area contributed by atoms with Crippen LogP contribution in [0.15, 0.2) is 35.1 Å². The molecule has 3 rings (SSSR count). The fourth-order valence-corrected chi connectivity index (χ4v) is 2.07. The summed E-state index contributed by atoms with van der Waals surface area (Å²) in [6.07, 6.45) is 0. The zero-order chi connectivity index (χ0) is 17.5. The monoisotopic (exact) mass is 337 g/mol.